The lowest BCUT2D eigenvalue weighted by Gasteiger charge is -2.32. The number of hydrazone groups is 1. The maximum atomic E-state index is 15.0. The zero-order chi connectivity index (χ0) is 25.7. The average Bonchev–Trinajstić information content (AvgIpc) is 3.38. The van der Waals surface area contributed by atoms with Crippen LogP contribution in [0.2, 0.25) is 5.02 Å². The third-order valence-electron chi connectivity index (χ3n) is 5.48. The van der Waals surface area contributed by atoms with Crippen molar-refractivity contribution in [3.05, 3.63) is 89.0 Å². The first-order valence-corrected chi connectivity index (χ1v) is 12.9. The van der Waals surface area contributed by atoms with Gasteiger partial charge in [0, 0.05) is 23.2 Å². The number of hydrogen-bond acceptors (Lipinski definition) is 7. The van der Waals surface area contributed by atoms with Crippen LogP contribution in [-0.2, 0) is 10.0 Å². The lowest BCUT2D eigenvalue weighted by Crippen LogP contribution is -2.40. The van der Waals surface area contributed by atoms with Crippen molar-refractivity contribution in [3.63, 3.8) is 0 Å². The van der Waals surface area contributed by atoms with Gasteiger partial charge in [-0.25, -0.2) is 22.7 Å². The summed E-state index contributed by atoms with van der Waals surface area (Å²) < 4.78 is 63.5. The number of hydrogen-bond donors (Lipinski definition) is 2. The second-order valence-electron chi connectivity index (χ2n) is 7.91. The Morgan fingerprint density at radius 2 is 1.86 bits per heavy atom. The molecule has 1 heterocycles. The monoisotopic (exact) mass is 535 g/mol. The Labute approximate surface area is 213 Å². The number of ether oxygens (including phenoxy) is 1. The molecule has 0 unspecified atom stereocenters. The fraction of sp³-hybridized carbons (Fsp3) is 0.208. The number of para-hydroxylation sites is 1. The molecule has 1 aliphatic heterocycles. The molecule has 190 valence electrons. The Balaban J connectivity index is 1.67. The van der Waals surface area contributed by atoms with E-state index in [9.17, 15) is 17.2 Å². The summed E-state index contributed by atoms with van der Waals surface area (Å²) in [5, 5.41) is 5.84. The maximum absolute atomic E-state index is 15.0. The summed E-state index contributed by atoms with van der Waals surface area (Å²) >= 11 is 5.93. The van der Waals surface area contributed by atoms with E-state index in [4.69, 9.17) is 16.3 Å². The second-order valence-corrected chi connectivity index (χ2v) is 10.2. The molecule has 36 heavy (non-hydrogen) atoms. The van der Waals surface area contributed by atoms with E-state index >= 15 is 0 Å². The molecule has 1 atom stereocenters. The number of benzene rings is 3. The van der Waals surface area contributed by atoms with Gasteiger partial charge in [-0.3, -0.25) is 9.73 Å². The summed E-state index contributed by atoms with van der Waals surface area (Å²) in [5.41, 5.74) is 5.71. The Morgan fingerprint density at radius 3 is 2.58 bits per heavy atom. The largest absolute Gasteiger partial charge is 0.493 e. The minimum absolute atomic E-state index is 0.117. The van der Waals surface area contributed by atoms with Crippen molar-refractivity contribution in [1.82, 2.24) is 16.1 Å². The second kappa shape index (κ2) is 11.1. The van der Waals surface area contributed by atoms with Gasteiger partial charge < -0.3 is 4.74 Å². The Hall–Kier alpha value is -3.41. The summed E-state index contributed by atoms with van der Waals surface area (Å²) in [6.45, 7) is 2.50. The van der Waals surface area contributed by atoms with Crippen LogP contribution in [0.1, 0.15) is 24.9 Å². The van der Waals surface area contributed by atoms with Crippen LogP contribution >= 0.6 is 11.6 Å². The van der Waals surface area contributed by atoms with Gasteiger partial charge in [0.05, 0.1) is 23.2 Å². The summed E-state index contributed by atoms with van der Waals surface area (Å²) in [5.74, 6) is -1.23. The molecule has 8 nitrogen and oxygen atoms in total. The van der Waals surface area contributed by atoms with Gasteiger partial charge in [-0.2, -0.15) is 5.10 Å². The van der Waals surface area contributed by atoms with Crippen molar-refractivity contribution in [2.75, 3.05) is 17.5 Å². The molecule has 0 spiro atoms. The third-order valence-corrected chi connectivity index (χ3v) is 7.63. The molecule has 0 aromatic heterocycles. The molecule has 0 radical (unpaired) electrons. The quantitative estimate of drug-likeness (QED) is 0.369. The van der Waals surface area contributed by atoms with Crippen LogP contribution in [0.15, 0.2) is 76.7 Å². The third kappa shape index (κ3) is 5.69. The fourth-order valence-corrected chi connectivity index (χ4v) is 5.51. The number of nitrogens with zero attached hydrogens (tertiary/aromatic N) is 3. The van der Waals surface area contributed by atoms with E-state index in [0.29, 0.717) is 35.9 Å². The highest BCUT2D eigenvalue weighted by molar-refractivity contribution is 7.92. The number of hydrazine groups is 2. The molecule has 3 aromatic rings. The lowest BCUT2D eigenvalue weighted by molar-refractivity contribution is 0.163. The predicted molar refractivity (Wildman–Crippen MR) is 134 cm³/mol. The van der Waals surface area contributed by atoms with Gasteiger partial charge in [0.1, 0.15) is 23.7 Å². The standard InChI is InChI=1S/C24H24ClF2N5O3S/c1-17(21-5-2-3-6-24(21)35-14-4-13-31-29-16-28-30-31)32(23-15-19(26)9-12-22(23)27)36(33,34)20-10-7-18(25)8-11-20/h2-3,5-12,15-17,30H,4,13-14H2,1H3,(H,28,29)/t17-/m1/s1. The highest BCUT2D eigenvalue weighted by Crippen LogP contribution is 2.38. The van der Waals surface area contributed by atoms with E-state index in [1.807, 2.05) is 0 Å². The molecular formula is C24H24ClF2N5O3S. The van der Waals surface area contributed by atoms with E-state index in [1.54, 1.807) is 36.3 Å². The normalized spacial score (nSPS) is 14.2. The van der Waals surface area contributed by atoms with E-state index in [0.717, 1.165) is 22.5 Å². The first-order valence-electron chi connectivity index (χ1n) is 11.0. The van der Waals surface area contributed by atoms with Gasteiger partial charge in [0.2, 0.25) is 0 Å². The van der Waals surface area contributed by atoms with Crippen molar-refractivity contribution in [2.24, 2.45) is 5.10 Å². The number of anilines is 1. The minimum atomic E-state index is -4.34. The van der Waals surface area contributed by atoms with Gasteiger partial charge in [-0.05, 0) is 55.8 Å². The molecular weight excluding hydrogens is 512 g/mol. The SMILES string of the molecule is C[C@H](c1ccccc1OCCCN1NC=NN1)N(c1cc(F)ccc1F)S(=O)(=O)c1ccc(Cl)cc1. The van der Waals surface area contributed by atoms with Gasteiger partial charge in [0.25, 0.3) is 10.0 Å². The molecule has 4 rings (SSSR count). The highest BCUT2D eigenvalue weighted by Gasteiger charge is 2.34. The Morgan fingerprint density at radius 1 is 1.11 bits per heavy atom. The zero-order valence-corrected chi connectivity index (χ0v) is 20.8. The van der Waals surface area contributed by atoms with E-state index < -0.39 is 33.4 Å². The fourth-order valence-electron chi connectivity index (χ4n) is 3.75. The molecule has 2 N–H and O–H groups in total. The summed E-state index contributed by atoms with van der Waals surface area (Å²) in [6, 6.07) is 14.1. The van der Waals surface area contributed by atoms with Gasteiger partial charge in [-0.15, -0.1) is 5.12 Å². The molecule has 0 bridgehead atoms. The smallest absolute Gasteiger partial charge is 0.264 e. The molecule has 12 heteroatoms. The first-order chi connectivity index (χ1) is 17.3. The van der Waals surface area contributed by atoms with Gasteiger partial charge >= 0.3 is 0 Å². The topological polar surface area (TPSA) is 86.3 Å². The van der Waals surface area contributed by atoms with Crippen LogP contribution in [0.3, 0.4) is 0 Å². The number of sulfonamides is 1. The summed E-state index contributed by atoms with van der Waals surface area (Å²) in [7, 11) is -4.34. The number of rotatable bonds is 10. The van der Waals surface area contributed by atoms with Crippen LogP contribution in [0.5, 0.6) is 5.75 Å². The van der Waals surface area contributed by atoms with Crippen LogP contribution < -0.4 is 20.0 Å². The van der Waals surface area contributed by atoms with Crippen LogP contribution in [0.4, 0.5) is 14.5 Å². The van der Waals surface area contributed by atoms with Crippen LogP contribution in [-0.4, -0.2) is 33.0 Å². The van der Waals surface area contributed by atoms with Crippen molar-refractivity contribution in [3.8, 4) is 5.75 Å². The van der Waals surface area contributed by atoms with E-state index in [1.165, 1.54) is 30.6 Å². The molecule has 0 aliphatic carbocycles. The number of halogens is 3. The molecule has 0 saturated heterocycles. The minimum Gasteiger partial charge on any atom is -0.493 e. The van der Waals surface area contributed by atoms with Crippen molar-refractivity contribution in [2.45, 2.75) is 24.3 Å². The molecule has 3 aromatic carbocycles. The van der Waals surface area contributed by atoms with Gasteiger partial charge in [-0.1, -0.05) is 29.8 Å². The van der Waals surface area contributed by atoms with Crippen molar-refractivity contribution in [1.29, 1.82) is 0 Å². The number of nitrogens with one attached hydrogen (secondary N) is 2. The first kappa shape index (κ1) is 25.7. The Kier molecular flexibility index (Phi) is 7.92. The predicted octanol–water partition coefficient (Wildman–Crippen LogP) is 4.61. The van der Waals surface area contributed by atoms with Gasteiger partial charge in [0.15, 0.2) is 0 Å². The molecule has 0 saturated carbocycles. The summed E-state index contributed by atoms with van der Waals surface area (Å²) in [6.07, 6.45) is 2.14. The van der Waals surface area contributed by atoms with E-state index in [-0.39, 0.29) is 4.90 Å². The van der Waals surface area contributed by atoms with Crippen LogP contribution in [0.25, 0.3) is 0 Å². The van der Waals surface area contributed by atoms with Crippen molar-refractivity contribution >= 4 is 33.7 Å². The molecule has 1 aliphatic rings. The van der Waals surface area contributed by atoms with Crippen molar-refractivity contribution < 1.29 is 21.9 Å². The average molecular weight is 536 g/mol. The zero-order valence-electron chi connectivity index (χ0n) is 19.2. The molecule has 0 fully saturated rings. The highest BCUT2D eigenvalue weighted by atomic mass is 35.5. The van der Waals surface area contributed by atoms with Crippen LogP contribution in [0, 0.1) is 11.6 Å². The molecule has 0 amide bonds. The summed E-state index contributed by atoms with van der Waals surface area (Å²) in [4.78, 5) is -0.117. The Bertz CT molecular complexity index is 1330. The lowest BCUT2D eigenvalue weighted by atomic mass is 10.1. The maximum Gasteiger partial charge on any atom is 0.264 e. The van der Waals surface area contributed by atoms with E-state index in [2.05, 4.69) is 16.1 Å².